The molecule has 6 atom stereocenters. The fourth-order valence-electron chi connectivity index (χ4n) is 8.58. The van der Waals surface area contributed by atoms with Gasteiger partial charge in [0.15, 0.2) is 21.2 Å². The Morgan fingerprint density at radius 3 is 2.13 bits per heavy atom. The Morgan fingerprint density at radius 2 is 1.52 bits per heavy atom. The Morgan fingerprint density at radius 1 is 0.891 bits per heavy atom. The number of hydrogen-bond donors (Lipinski definition) is 1. The summed E-state index contributed by atoms with van der Waals surface area (Å²) in [5.41, 5.74) is 1.07. The van der Waals surface area contributed by atoms with E-state index in [1.807, 2.05) is 6.08 Å². The number of hydrogen-bond acceptors (Lipinski definition) is 7. The van der Waals surface area contributed by atoms with E-state index < -0.39 is 51.1 Å². The highest BCUT2D eigenvalue weighted by Crippen LogP contribution is 2.66. The number of likely N-dealkylation sites (tertiary alicyclic amines) is 1. The minimum atomic E-state index is -2.11. The van der Waals surface area contributed by atoms with E-state index >= 15 is 0 Å². The SMILES string of the molecule is COc1cc([C@H]2C3=CC[C@@H]4C(=O)N(C5CCCCC5)C(=O)[C@@H]4[C@@H]3C[C@@]3(Cl)C(=O)N(c4ccc(F)cc4)C(=O)[C@@]23Cl)cc(OC)c1O. The summed E-state index contributed by atoms with van der Waals surface area (Å²) < 4.78 is 24.7. The number of rotatable bonds is 5. The van der Waals surface area contributed by atoms with Gasteiger partial charge < -0.3 is 14.6 Å². The second-order valence-corrected chi connectivity index (χ2v) is 14.1. The minimum absolute atomic E-state index is 0.0361. The highest BCUT2D eigenvalue weighted by molar-refractivity contribution is 6.58. The Labute approximate surface area is 275 Å². The van der Waals surface area contributed by atoms with Gasteiger partial charge in [0.05, 0.1) is 31.7 Å². The van der Waals surface area contributed by atoms with Crippen molar-refractivity contribution in [1.29, 1.82) is 0 Å². The predicted molar refractivity (Wildman–Crippen MR) is 167 cm³/mol. The number of phenolic OH excluding ortho intramolecular Hbond substituents is 1. The zero-order valence-electron chi connectivity index (χ0n) is 25.3. The molecule has 0 bridgehead atoms. The van der Waals surface area contributed by atoms with Crippen LogP contribution in [-0.2, 0) is 19.2 Å². The maximum atomic E-state index is 14.5. The highest BCUT2D eigenvalue weighted by atomic mass is 35.5. The summed E-state index contributed by atoms with van der Waals surface area (Å²) in [6.07, 6.45) is 6.37. The van der Waals surface area contributed by atoms with Crippen molar-refractivity contribution in [3.8, 4) is 17.2 Å². The molecule has 2 aromatic carbocycles. The number of anilines is 1. The lowest BCUT2D eigenvalue weighted by Gasteiger charge is -2.50. The van der Waals surface area contributed by atoms with Gasteiger partial charge in [0.2, 0.25) is 17.6 Å². The van der Waals surface area contributed by atoms with Gasteiger partial charge >= 0.3 is 0 Å². The average molecular weight is 672 g/mol. The zero-order chi connectivity index (χ0) is 32.7. The number of methoxy groups -OCH3 is 2. The van der Waals surface area contributed by atoms with Crippen LogP contribution in [0.1, 0.15) is 56.4 Å². The van der Waals surface area contributed by atoms with E-state index in [1.54, 1.807) is 0 Å². The molecule has 4 fully saturated rings. The average Bonchev–Trinajstić information content (AvgIpc) is 3.40. The first-order chi connectivity index (χ1) is 22.0. The molecular weight excluding hydrogens is 638 g/mol. The summed E-state index contributed by atoms with van der Waals surface area (Å²) in [6, 6.07) is 7.70. The summed E-state index contributed by atoms with van der Waals surface area (Å²) in [4.78, 5) is 55.2. The molecule has 2 aliphatic heterocycles. The van der Waals surface area contributed by atoms with Gasteiger partial charge in [-0.05, 0) is 73.6 Å². The van der Waals surface area contributed by atoms with Crippen LogP contribution in [0.25, 0.3) is 0 Å². The number of carbonyl (C=O) groups excluding carboxylic acids is 4. The number of halogens is 3. The van der Waals surface area contributed by atoms with Crippen molar-refractivity contribution in [2.24, 2.45) is 17.8 Å². The lowest BCUT2D eigenvalue weighted by molar-refractivity contribution is -0.143. The number of amides is 4. The van der Waals surface area contributed by atoms with Crippen molar-refractivity contribution in [1.82, 2.24) is 4.90 Å². The van der Waals surface area contributed by atoms with Crippen molar-refractivity contribution in [3.63, 3.8) is 0 Å². The predicted octanol–water partition coefficient (Wildman–Crippen LogP) is 5.44. The second kappa shape index (κ2) is 11.0. The number of nitrogens with zero attached hydrogens (tertiary/aromatic N) is 2. The lowest BCUT2D eigenvalue weighted by Crippen LogP contribution is -2.60. The summed E-state index contributed by atoms with van der Waals surface area (Å²) in [5, 5.41) is 10.7. The number of alkyl halides is 2. The van der Waals surface area contributed by atoms with Crippen LogP contribution in [0.15, 0.2) is 48.0 Å². The summed E-state index contributed by atoms with van der Waals surface area (Å²) in [5.74, 6) is -6.09. The van der Waals surface area contributed by atoms with E-state index in [9.17, 15) is 28.7 Å². The quantitative estimate of drug-likeness (QED) is 0.256. The van der Waals surface area contributed by atoms with Gasteiger partial charge in [-0.1, -0.05) is 30.9 Å². The van der Waals surface area contributed by atoms with Crippen molar-refractivity contribution >= 4 is 52.5 Å². The van der Waals surface area contributed by atoms with E-state index in [4.69, 9.17) is 32.7 Å². The fourth-order valence-corrected chi connectivity index (χ4v) is 9.51. The van der Waals surface area contributed by atoms with E-state index in [2.05, 4.69) is 0 Å². The molecule has 9 nitrogen and oxygen atoms in total. The molecule has 2 saturated carbocycles. The molecule has 0 aromatic heterocycles. The second-order valence-electron chi connectivity index (χ2n) is 12.9. The Hall–Kier alpha value is -3.63. The van der Waals surface area contributed by atoms with E-state index in [1.165, 1.54) is 43.4 Å². The van der Waals surface area contributed by atoms with Gasteiger partial charge in [-0.15, -0.1) is 23.2 Å². The standard InChI is InChI=1S/C34H33Cl2FN2O7/c1-45-24-14-17(15-25(46-2)28(24)40)27-21-12-13-22-26(30(42)38(29(22)41)19-6-4-3-5-7-19)23(21)16-33(35)31(43)39(32(44)34(27,33)36)20-10-8-18(37)9-11-20/h8-12,14-15,19,22-23,26-27,40H,3-7,13,16H2,1-2H3/t22-,23+,26-,27-,33+,34-/m0/s1. The number of allylic oxidation sites excluding steroid dienone is 2. The van der Waals surface area contributed by atoms with E-state index in [0.29, 0.717) is 11.1 Å². The molecule has 2 saturated heterocycles. The number of fused-ring (bicyclic) bond motifs is 4. The molecule has 1 N–H and O–H groups in total. The van der Waals surface area contributed by atoms with Crippen LogP contribution in [-0.4, -0.2) is 63.6 Å². The van der Waals surface area contributed by atoms with E-state index in [0.717, 1.165) is 49.1 Å². The number of benzene rings is 2. The third kappa shape index (κ3) is 4.11. The molecular formula is C34H33Cl2FN2O7. The normalized spacial score (nSPS) is 32.7. The molecule has 0 spiro atoms. The van der Waals surface area contributed by atoms with Crippen LogP contribution in [0.5, 0.6) is 17.2 Å². The van der Waals surface area contributed by atoms with Gasteiger partial charge in [0.1, 0.15) is 5.82 Å². The summed E-state index contributed by atoms with van der Waals surface area (Å²) in [6.45, 7) is 0. The molecule has 5 aliphatic rings. The minimum Gasteiger partial charge on any atom is -0.502 e. The topological polar surface area (TPSA) is 113 Å². The third-order valence-corrected chi connectivity index (χ3v) is 12.1. The smallest absolute Gasteiger partial charge is 0.258 e. The Bertz CT molecular complexity index is 1670. The molecule has 4 amide bonds. The number of phenols is 1. The zero-order valence-corrected chi connectivity index (χ0v) is 26.8. The maximum Gasteiger partial charge on any atom is 0.258 e. The van der Waals surface area contributed by atoms with Gasteiger partial charge in [0.25, 0.3) is 11.8 Å². The summed E-state index contributed by atoms with van der Waals surface area (Å²) in [7, 11) is 2.72. The van der Waals surface area contributed by atoms with Crippen molar-refractivity contribution < 1.29 is 38.1 Å². The first-order valence-corrected chi connectivity index (χ1v) is 16.3. The Kier molecular flexibility index (Phi) is 7.40. The first kappa shape index (κ1) is 31.0. The number of aromatic hydroxyl groups is 1. The third-order valence-electron chi connectivity index (χ3n) is 10.7. The van der Waals surface area contributed by atoms with Gasteiger partial charge in [-0.3, -0.25) is 24.1 Å². The number of imide groups is 2. The Balaban J connectivity index is 1.41. The molecule has 0 radical (unpaired) electrons. The molecule has 12 heteroatoms. The molecule has 7 rings (SSSR count). The van der Waals surface area contributed by atoms with Crippen LogP contribution in [0.2, 0.25) is 0 Å². The van der Waals surface area contributed by atoms with Crippen LogP contribution < -0.4 is 14.4 Å². The molecule has 46 heavy (non-hydrogen) atoms. The van der Waals surface area contributed by atoms with Crippen LogP contribution >= 0.6 is 23.2 Å². The van der Waals surface area contributed by atoms with Crippen molar-refractivity contribution in [2.75, 3.05) is 19.1 Å². The van der Waals surface area contributed by atoms with Crippen molar-refractivity contribution in [2.45, 2.75) is 66.7 Å². The van der Waals surface area contributed by atoms with Gasteiger partial charge in [-0.25, -0.2) is 9.29 Å². The molecule has 242 valence electrons. The first-order valence-electron chi connectivity index (χ1n) is 15.5. The number of ether oxygens (including phenoxy) is 2. The fraction of sp³-hybridized carbons (Fsp3) is 0.471. The lowest BCUT2D eigenvalue weighted by atomic mass is 9.56. The molecule has 2 heterocycles. The maximum absolute atomic E-state index is 14.5. The van der Waals surface area contributed by atoms with E-state index in [-0.39, 0.29) is 53.6 Å². The van der Waals surface area contributed by atoms with Gasteiger partial charge in [0, 0.05) is 12.0 Å². The molecule has 3 aliphatic carbocycles. The van der Waals surface area contributed by atoms with Crippen LogP contribution in [0.3, 0.4) is 0 Å². The summed E-state index contributed by atoms with van der Waals surface area (Å²) >= 11 is 14.8. The largest absolute Gasteiger partial charge is 0.502 e. The monoisotopic (exact) mass is 670 g/mol. The molecule has 2 aromatic rings. The van der Waals surface area contributed by atoms with Crippen molar-refractivity contribution in [3.05, 3.63) is 59.4 Å². The van der Waals surface area contributed by atoms with Crippen LogP contribution in [0, 0.1) is 23.6 Å². The highest BCUT2D eigenvalue weighted by Gasteiger charge is 2.76. The number of carbonyl (C=O) groups is 4. The van der Waals surface area contributed by atoms with Gasteiger partial charge in [-0.2, -0.15) is 0 Å². The molecule has 0 unspecified atom stereocenters. The van der Waals surface area contributed by atoms with Crippen LogP contribution in [0.4, 0.5) is 10.1 Å².